The van der Waals surface area contributed by atoms with Gasteiger partial charge >= 0.3 is 0 Å². The smallest absolute Gasteiger partial charge is 0.248 e. The Balaban J connectivity index is 1.64. The molecule has 0 spiro atoms. The second-order valence-corrected chi connectivity index (χ2v) is 6.04. The van der Waals surface area contributed by atoms with Crippen LogP contribution in [0.3, 0.4) is 0 Å². The third-order valence-electron chi connectivity index (χ3n) is 3.38. The molecule has 0 atom stereocenters. The molecule has 7 nitrogen and oxygen atoms in total. The fourth-order valence-electron chi connectivity index (χ4n) is 2.12. The van der Waals surface area contributed by atoms with Crippen molar-refractivity contribution in [2.45, 2.75) is 6.54 Å². The Morgan fingerprint density at radius 1 is 1.23 bits per heavy atom. The van der Waals surface area contributed by atoms with E-state index in [0.29, 0.717) is 33.2 Å². The van der Waals surface area contributed by atoms with Gasteiger partial charge in [0, 0.05) is 16.3 Å². The molecule has 0 amide bonds. The number of aromatic nitrogens is 2. The molecule has 0 bridgehead atoms. The van der Waals surface area contributed by atoms with Gasteiger partial charge in [0.25, 0.3) is 0 Å². The van der Waals surface area contributed by atoms with Crippen molar-refractivity contribution < 1.29 is 9.26 Å². The largest absolute Gasteiger partial charge is 0.495 e. The lowest BCUT2D eigenvalue weighted by Gasteiger charge is -2.08. The summed E-state index contributed by atoms with van der Waals surface area (Å²) in [5.74, 6) is 1.57. The molecule has 0 aliphatic heterocycles. The minimum absolute atomic E-state index is 0.142. The van der Waals surface area contributed by atoms with E-state index in [-0.39, 0.29) is 12.5 Å². The minimum atomic E-state index is 0.142. The van der Waals surface area contributed by atoms with Crippen LogP contribution in [0.4, 0.5) is 5.69 Å². The van der Waals surface area contributed by atoms with Crippen molar-refractivity contribution in [3.63, 3.8) is 0 Å². The highest BCUT2D eigenvalue weighted by Crippen LogP contribution is 2.27. The zero-order valence-electron chi connectivity index (χ0n) is 13.7. The zero-order valence-corrected chi connectivity index (χ0v) is 15.3. The maximum Gasteiger partial charge on any atom is 0.248 e. The van der Waals surface area contributed by atoms with E-state index in [1.165, 1.54) is 0 Å². The maximum absolute atomic E-state index is 6.07. The highest BCUT2D eigenvalue weighted by atomic mass is 35.5. The topological polar surface area (TPSA) is 98.6 Å². The van der Waals surface area contributed by atoms with E-state index in [1.54, 1.807) is 37.4 Å². The van der Waals surface area contributed by atoms with Gasteiger partial charge in [0.2, 0.25) is 11.7 Å². The van der Waals surface area contributed by atoms with Gasteiger partial charge < -0.3 is 20.3 Å². The van der Waals surface area contributed by atoms with E-state index in [0.717, 1.165) is 5.56 Å². The van der Waals surface area contributed by atoms with E-state index in [9.17, 15) is 0 Å². The number of nitrogens with two attached hydrogens (primary N) is 1. The quantitative estimate of drug-likeness (QED) is 0.504. The summed E-state index contributed by atoms with van der Waals surface area (Å²) in [5.41, 5.74) is 7.35. The van der Waals surface area contributed by atoms with E-state index in [1.807, 2.05) is 12.1 Å². The second-order valence-electron chi connectivity index (χ2n) is 5.19. The van der Waals surface area contributed by atoms with Gasteiger partial charge in [0.15, 0.2) is 5.96 Å². The number of nitrogens with one attached hydrogen (secondary N) is 1. The van der Waals surface area contributed by atoms with Crippen LogP contribution in [0.2, 0.25) is 10.0 Å². The molecule has 2 aromatic carbocycles. The van der Waals surface area contributed by atoms with E-state index < -0.39 is 0 Å². The van der Waals surface area contributed by atoms with Gasteiger partial charge in [-0.3, -0.25) is 0 Å². The predicted octanol–water partition coefficient (Wildman–Crippen LogP) is 3.98. The van der Waals surface area contributed by atoms with Gasteiger partial charge in [0.05, 0.1) is 12.1 Å². The molecule has 9 heteroatoms. The van der Waals surface area contributed by atoms with Crippen molar-refractivity contribution in [1.29, 1.82) is 0 Å². The Morgan fingerprint density at radius 2 is 2.00 bits per heavy atom. The van der Waals surface area contributed by atoms with Crippen LogP contribution in [0.1, 0.15) is 5.89 Å². The number of halogens is 2. The number of ether oxygens (including phenoxy) is 1. The molecule has 134 valence electrons. The van der Waals surface area contributed by atoms with Crippen LogP contribution in [-0.2, 0) is 6.54 Å². The lowest BCUT2D eigenvalue weighted by Crippen LogP contribution is -2.22. The maximum atomic E-state index is 6.07. The van der Waals surface area contributed by atoms with E-state index in [2.05, 4.69) is 20.4 Å². The summed E-state index contributed by atoms with van der Waals surface area (Å²) in [5, 5.41) is 7.96. The average molecular weight is 392 g/mol. The lowest BCUT2D eigenvalue weighted by molar-refractivity contribution is 0.381. The zero-order chi connectivity index (χ0) is 18.5. The van der Waals surface area contributed by atoms with Crippen LogP contribution < -0.4 is 15.8 Å². The summed E-state index contributed by atoms with van der Waals surface area (Å²) in [6.45, 7) is 0.142. The molecule has 0 aliphatic rings. The normalized spacial score (nSPS) is 11.4. The van der Waals surface area contributed by atoms with Gasteiger partial charge in [-0.05, 0) is 42.5 Å². The van der Waals surface area contributed by atoms with Crippen LogP contribution in [0.25, 0.3) is 11.4 Å². The summed E-state index contributed by atoms with van der Waals surface area (Å²) >= 11 is 11.9. The first-order valence-electron chi connectivity index (χ1n) is 7.54. The minimum Gasteiger partial charge on any atom is -0.495 e. The molecule has 3 N–H and O–H groups in total. The van der Waals surface area contributed by atoms with Gasteiger partial charge in [0.1, 0.15) is 12.3 Å². The Labute approximate surface area is 159 Å². The number of methoxy groups -OCH3 is 1. The molecular weight excluding hydrogens is 377 g/mol. The van der Waals surface area contributed by atoms with Gasteiger partial charge in [-0.1, -0.05) is 28.4 Å². The Kier molecular flexibility index (Phi) is 5.60. The van der Waals surface area contributed by atoms with Crippen molar-refractivity contribution in [2.75, 3.05) is 12.4 Å². The average Bonchev–Trinajstić information content (AvgIpc) is 3.10. The summed E-state index contributed by atoms with van der Waals surface area (Å²) in [6, 6.07) is 12.3. The van der Waals surface area contributed by atoms with Gasteiger partial charge in [-0.2, -0.15) is 4.98 Å². The summed E-state index contributed by atoms with van der Waals surface area (Å²) in [4.78, 5) is 8.45. The van der Waals surface area contributed by atoms with Crippen molar-refractivity contribution >= 4 is 34.8 Å². The van der Waals surface area contributed by atoms with Crippen molar-refractivity contribution in [1.82, 2.24) is 10.1 Å². The number of guanidine groups is 1. The molecule has 0 fully saturated rings. The summed E-state index contributed by atoms with van der Waals surface area (Å²) < 4.78 is 10.3. The summed E-state index contributed by atoms with van der Waals surface area (Å²) in [7, 11) is 1.55. The Morgan fingerprint density at radius 3 is 2.69 bits per heavy atom. The number of hydrogen-bond acceptors (Lipinski definition) is 5. The fraction of sp³-hybridized carbons (Fsp3) is 0.118. The fourth-order valence-corrected chi connectivity index (χ4v) is 2.50. The first-order chi connectivity index (χ1) is 12.5. The van der Waals surface area contributed by atoms with Crippen molar-refractivity contribution in [3.8, 4) is 17.1 Å². The monoisotopic (exact) mass is 391 g/mol. The number of anilines is 1. The molecule has 1 heterocycles. The van der Waals surface area contributed by atoms with Crippen molar-refractivity contribution in [2.24, 2.45) is 10.7 Å². The highest BCUT2D eigenvalue weighted by molar-refractivity contribution is 6.32. The number of rotatable bonds is 5. The molecule has 0 unspecified atom stereocenters. The van der Waals surface area contributed by atoms with Crippen LogP contribution in [-0.4, -0.2) is 23.2 Å². The molecule has 3 rings (SSSR count). The Bertz CT molecular complexity index is 925. The number of aliphatic imine (C=N–C) groups is 1. The molecule has 0 radical (unpaired) electrons. The highest BCUT2D eigenvalue weighted by Gasteiger charge is 2.08. The molecule has 3 aromatic rings. The van der Waals surface area contributed by atoms with Crippen LogP contribution >= 0.6 is 23.2 Å². The van der Waals surface area contributed by atoms with Gasteiger partial charge in [-0.15, -0.1) is 0 Å². The molecule has 26 heavy (non-hydrogen) atoms. The molecule has 0 aliphatic carbocycles. The molecule has 1 aromatic heterocycles. The Hall–Kier alpha value is -2.77. The SMILES string of the molecule is COc1ccc(NC(N)=NCc2nc(-c3ccc(Cl)cc3)no2)cc1Cl. The molecule has 0 saturated heterocycles. The third kappa shape index (κ3) is 4.44. The number of nitrogens with zero attached hydrogens (tertiary/aromatic N) is 3. The second kappa shape index (κ2) is 8.07. The predicted molar refractivity (Wildman–Crippen MR) is 102 cm³/mol. The number of hydrogen-bond donors (Lipinski definition) is 2. The van der Waals surface area contributed by atoms with Gasteiger partial charge in [-0.25, -0.2) is 4.99 Å². The molecular formula is C17H15Cl2N5O2. The number of benzene rings is 2. The standard InChI is InChI=1S/C17H15Cl2N5O2/c1-25-14-7-6-12(8-13(14)19)22-17(20)21-9-15-23-16(24-26-15)10-2-4-11(18)5-3-10/h2-8H,9H2,1H3,(H3,20,21,22). The van der Waals surface area contributed by atoms with Crippen LogP contribution in [0, 0.1) is 0 Å². The summed E-state index contributed by atoms with van der Waals surface area (Å²) in [6.07, 6.45) is 0. The first kappa shape index (κ1) is 18.0. The lowest BCUT2D eigenvalue weighted by atomic mass is 10.2. The third-order valence-corrected chi connectivity index (χ3v) is 3.93. The first-order valence-corrected chi connectivity index (χ1v) is 8.30. The van der Waals surface area contributed by atoms with E-state index in [4.69, 9.17) is 38.2 Å². The van der Waals surface area contributed by atoms with Crippen LogP contribution in [0.15, 0.2) is 52.0 Å². The van der Waals surface area contributed by atoms with Crippen molar-refractivity contribution in [3.05, 3.63) is 58.4 Å². The van der Waals surface area contributed by atoms with E-state index >= 15 is 0 Å². The van der Waals surface area contributed by atoms with Crippen LogP contribution in [0.5, 0.6) is 5.75 Å². The molecule has 0 saturated carbocycles.